The molecule has 1 saturated carbocycles. The van der Waals surface area contributed by atoms with Crippen molar-refractivity contribution in [1.82, 2.24) is 9.78 Å². The second-order valence-electron chi connectivity index (χ2n) is 12.1. The molecule has 2 N–H and O–H groups in total. The number of allylic oxidation sites excluding steroid dienone is 2. The van der Waals surface area contributed by atoms with Crippen molar-refractivity contribution in [2.75, 3.05) is 0 Å². The molecular weight excluding hydrogens is 507 g/mol. The maximum absolute atomic E-state index is 14.8. The van der Waals surface area contributed by atoms with Gasteiger partial charge in [0, 0.05) is 17.7 Å². The zero-order valence-corrected chi connectivity index (χ0v) is 24.7. The van der Waals surface area contributed by atoms with E-state index in [1.54, 1.807) is 6.07 Å². The summed E-state index contributed by atoms with van der Waals surface area (Å²) in [5.74, 6) is 1.16. The van der Waals surface area contributed by atoms with Gasteiger partial charge in [-0.1, -0.05) is 69.9 Å². The zero-order chi connectivity index (χ0) is 28.9. The quantitative estimate of drug-likeness (QED) is 0.315. The van der Waals surface area contributed by atoms with Gasteiger partial charge >= 0.3 is 0 Å². The van der Waals surface area contributed by atoms with Crippen molar-refractivity contribution in [3.63, 3.8) is 0 Å². The first-order chi connectivity index (χ1) is 19.9. The van der Waals surface area contributed by atoms with Crippen molar-refractivity contribution in [2.45, 2.75) is 84.6 Å². The Morgan fingerprint density at radius 2 is 1.98 bits per heavy atom. The molecule has 0 amide bonds. The minimum absolute atomic E-state index is 0.0350. The monoisotopic (exact) mass is 550 g/mol. The van der Waals surface area contributed by atoms with Gasteiger partial charge in [0.25, 0.3) is 0 Å². The Morgan fingerprint density at radius 1 is 1.15 bits per heavy atom. The summed E-state index contributed by atoms with van der Waals surface area (Å²) in [6, 6.07) is 15.7. The Labute approximate surface area is 244 Å². The first-order valence-electron chi connectivity index (χ1n) is 15.4. The molecule has 4 unspecified atom stereocenters. The third-order valence-corrected chi connectivity index (χ3v) is 9.13. The van der Waals surface area contributed by atoms with Gasteiger partial charge in [-0.05, 0) is 97.1 Å². The van der Waals surface area contributed by atoms with Crippen molar-refractivity contribution in [2.24, 2.45) is 23.5 Å². The molecule has 1 aromatic heterocycles. The van der Waals surface area contributed by atoms with E-state index in [-0.39, 0.29) is 11.6 Å². The molecule has 4 atom stereocenters. The van der Waals surface area contributed by atoms with E-state index in [0.717, 1.165) is 42.6 Å². The highest BCUT2D eigenvalue weighted by atomic mass is 19.1. The molecule has 2 aliphatic rings. The number of benzene rings is 2. The van der Waals surface area contributed by atoms with E-state index in [4.69, 9.17) is 10.8 Å². The van der Waals surface area contributed by atoms with Crippen molar-refractivity contribution >= 4 is 17.7 Å². The summed E-state index contributed by atoms with van der Waals surface area (Å²) in [6.45, 7) is 6.68. The summed E-state index contributed by atoms with van der Waals surface area (Å²) >= 11 is 0. The second-order valence-corrected chi connectivity index (χ2v) is 12.1. The smallest absolute Gasteiger partial charge is 0.143 e. The zero-order valence-electron chi connectivity index (χ0n) is 24.7. The maximum atomic E-state index is 14.8. The molecule has 0 saturated heterocycles. The molecule has 0 bridgehead atoms. The van der Waals surface area contributed by atoms with Gasteiger partial charge in [-0.25, -0.2) is 9.07 Å². The molecule has 0 spiro atoms. The number of aromatic nitrogens is 2. The number of nitriles is 1. The number of nitrogens with zero attached hydrogens (tertiary/aromatic N) is 3. The van der Waals surface area contributed by atoms with Gasteiger partial charge in [-0.3, -0.25) is 0 Å². The van der Waals surface area contributed by atoms with Crippen LogP contribution >= 0.6 is 0 Å². The molecular formula is C36H43FN4. The molecule has 4 nitrogen and oxygen atoms in total. The number of halogens is 1. The van der Waals surface area contributed by atoms with Gasteiger partial charge in [-0.15, -0.1) is 0 Å². The summed E-state index contributed by atoms with van der Waals surface area (Å²) in [7, 11) is 0. The van der Waals surface area contributed by atoms with Crippen LogP contribution in [-0.2, 0) is 0 Å². The number of hydrogen-bond acceptors (Lipinski definition) is 3. The van der Waals surface area contributed by atoms with E-state index in [9.17, 15) is 9.65 Å². The normalized spacial score (nSPS) is 23.0. The lowest BCUT2D eigenvalue weighted by atomic mass is 9.88. The van der Waals surface area contributed by atoms with Crippen LogP contribution in [0.3, 0.4) is 0 Å². The van der Waals surface area contributed by atoms with Crippen LogP contribution in [0.5, 0.6) is 0 Å². The van der Waals surface area contributed by atoms with Crippen molar-refractivity contribution < 1.29 is 4.39 Å². The van der Waals surface area contributed by atoms with Gasteiger partial charge in [0.05, 0.1) is 22.6 Å². The summed E-state index contributed by atoms with van der Waals surface area (Å²) in [5, 5.41) is 16.9. The minimum atomic E-state index is -0.534. The van der Waals surface area contributed by atoms with Crippen molar-refractivity contribution in [1.29, 1.82) is 5.26 Å². The number of rotatable bonds is 7. The van der Waals surface area contributed by atoms with Crippen molar-refractivity contribution in [3.05, 3.63) is 76.1 Å². The summed E-state index contributed by atoms with van der Waals surface area (Å²) in [5.41, 5.74) is 11.1. The van der Waals surface area contributed by atoms with E-state index < -0.39 is 5.82 Å². The Morgan fingerprint density at radius 3 is 2.73 bits per heavy atom. The fourth-order valence-electron chi connectivity index (χ4n) is 6.69. The lowest BCUT2D eigenvalue weighted by Gasteiger charge is -2.18. The van der Waals surface area contributed by atoms with Crippen LogP contribution in [0.4, 0.5) is 4.39 Å². The number of nitrogens with two attached hydrogens (primary N) is 1. The van der Waals surface area contributed by atoms with E-state index in [1.807, 2.05) is 10.8 Å². The molecule has 2 aliphatic carbocycles. The molecule has 5 rings (SSSR count). The maximum Gasteiger partial charge on any atom is 0.143 e. The summed E-state index contributed by atoms with van der Waals surface area (Å²) < 4.78 is 16.7. The SMILES string of the molecule is CC=C(CC1CCCCC(N)C1)c1cc(-c2ccc3c(c2)=CC(CCC)C(C)CC=3)n(-c2ccc(C#N)c(F)c2)n1. The van der Waals surface area contributed by atoms with Gasteiger partial charge in [0.15, 0.2) is 0 Å². The standard InChI is InChI=1S/C36H43FN4/c1-4-8-28-19-31-20-29(14-13-27(31)12-11-24(28)3)36-22-35(26(5-2)17-25-9-6-7-10-32(39)18-25)40-41(36)33-16-15-30(23-38)34(37)21-33/h5,12-16,19-22,24-25,28,32H,4,6-11,17-18,39H2,1-3H3. The van der Waals surface area contributed by atoms with Crippen LogP contribution in [0.25, 0.3) is 34.7 Å². The van der Waals surface area contributed by atoms with Gasteiger partial charge in [-0.2, -0.15) is 10.4 Å². The first kappa shape index (κ1) is 29.0. The Bertz CT molecular complexity index is 1570. The van der Waals surface area contributed by atoms with Gasteiger partial charge < -0.3 is 5.73 Å². The van der Waals surface area contributed by atoms with Crippen LogP contribution in [0, 0.1) is 34.9 Å². The van der Waals surface area contributed by atoms with E-state index >= 15 is 0 Å². The van der Waals surface area contributed by atoms with Gasteiger partial charge in [0.2, 0.25) is 0 Å². The minimum Gasteiger partial charge on any atom is -0.328 e. The van der Waals surface area contributed by atoms with Crippen LogP contribution in [0.15, 0.2) is 48.5 Å². The first-order valence-corrected chi connectivity index (χ1v) is 15.4. The van der Waals surface area contributed by atoms with Crippen molar-refractivity contribution in [3.8, 4) is 23.0 Å². The Balaban J connectivity index is 1.61. The Hall–Kier alpha value is -3.49. The molecule has 2 aromatic carbocycles. The van der Waals surface area contributed by atoms with Crippen LogP contribution in [0.1, 0.15) is 89.8 Å². The molecule has 1 fully saturated rings. The highest BCUT2D eigenvalue weighted by Gasteiger charge is 2.22. The molecule has 0 aliphatic heterocycles. The molecule has 0 radical (unpaired) electrons. The summed E-state index contributed by atoms with van der Waals surface area (Å²) in [6.07, 6.45) is 17.1. The van der Waals surface area contributed by atoms with Gasteiger partial charge in [0.1, 0.15) is 11.9 Å². The average Bonchev–Trinajstić information content (AvgIpc) is 3.22. The average molecular weight is 551 g/mol. The number of fused-ring (bicyclic) bond motifs is 1. The molecule has 5 heteroatoms. The van der Waals surface area contributed by atoms with Crippen LogP contribution in [0.2, 0.25) is 0 Å². The van der Waals surface area contributed by atoms with E-state index in [0.29, 0.717) is 23.4 Å². The molecule has 214 valence electrons. The fraction of sp³-hybridized carbons (Fsp3) is 0.444. The van der Waals surface area contributed by atoms with Crippen LogP contribution < -0.4 is 16.2 Å². The Kier molecular flexibility index (Phi) is 9.20. The molecule has 1 heterocycles. The lowest BCUT2D eigenvalue weighted by molar-refractivity contribution is 0.433. The summed E-state index contributed by atoms with van der Waals surface area (Å²) in [4.78, 5) is 0. The van der Waals surface area contributed by atoms with Crippen LogP contribution in [-0.4, -0.2) is 15.8 Å². The third kappa shape index (κ3) is 6.54. The second kappa shape index (κ2) is 13.0. The topological polar surface area (TPSA) is 67.6 Å². The largest absolute Gasteiger partial charge is 0.328 e. The van der Waals surface area contributed by atoms with E-state index in [2.05, 4.69) is 63.3 Å². The fourth-order valence-corrected chi connectivity index (χ4v) is 6.69. The highest BCUT2D eigenvalue weighted by Crippen LogP contribution is 2.34. The lowest BCUT2D eigenvalue weighted by Crippen LogP contribution is -2.24. The third-order valence-electron chi connectivity index (χ3n) is 9.13. The molecule has 41 heavy (non-hydrogen) atoms. The molecule has 3 aromatic rings. The highest BCUT2D eigenvalue weighted by molar-refractivity contribution is 5.71. The predicted molar refractivity (Wildman–Crippen MR) is 167 cm³/mol. The van der Waals surface area contributed by atoms with E-state index in [1.165, 1.54) is 60.2 Å². The number of hydrogen-bond donors (Lipinski definition) is 1. The predicted octanol–water partition coefficient (Wildman–Crippen LogP) is 7.27.